The van der Waals surface area contributed by atoms with E-state index in [-0.39, 0.29) is 12.2 Å². The molecule has 0 spiro atoms. The van der Waals surface area contributed by atoms with Crippen molar-refractivity contribution >= 4 is 6.09 Å². The standard InChI is InChI=1S/C12H24N2O2/c1-5-13(6-2)11-7-8-14(9-11)12(15)16-10(3)4/h10-11H,5-9H2,1-4H3. The van der Waals surface area contributed by atoms with Crippen LogP contribution in [0.25, 0.3) is 0 Å². The van der Waals surface area contributed by atoms with Gasteiger partial charge in [0.15, 0.2) is 0 Å². The third-order valence-corrected chi connectivity index (χ3v) is 3.09. The first-order valence-electron chi connectivity index (χ1n) is 6.28. The number of rotatable bonds is 4. The molecule has 1 amide bonds. The van der Waals surface area contributed by atoms with Gasteiger partial charge in [-0.25, -0.2) is 4.79 Å². The van der Waals surface area contributed by atoms with Crippen LogP contribution in [0.3, 0.4) is 0 Å². The number of nitrogens with zero attached hydrogens (tertiary/aromatic N) is 2. The van der Waals surface area contributed by atoms with Crippen molar-refractivity contribution in [3.8, 4) is 0 Å². The number of amides is 1. The van der Waals surface area contributed by atoms with Crippen molar-refractivity contribution in [1.29, 1.82) is 0 Å². The van der Waals surface area contributed by atoms with Gasteiger partial charge in [0.05, 0.1) is 6.10 Å². The minimum Gasteiger partial charge on any atom is -0.447 e. The van der Waals surface area contributed by atoms with E-state index in [1.54, 1.807) is 0 Å². The van der Waals surface area contributed by atoms with E-state index >= 15 is 0 Å². The highest BCUT2D eigenvalue weighted by atomic mass is 16.6. The van der Waals surface area contributed by atoms with Crippen LogP contribution in [0, 0.1) is 0 Å². The lowest BCUT2D eigenvalue weighted by molar-refractivity contribution is 0.0808. The van der Waals surface area contributed by atoms with E-state index in [0.717, 1.165) is 32.6 Å². The van der Waals surface area contributed by atoms with Gasteiger partial charge in [0.1, 0.15) is 0 Å². The fraction of sp³-hybridized carbons (Fsp3) is 0.917. The van der Waals surface area contributed by atoms with Gasteiger partial charge >= 0.3 is 6.09 Å². The van der Waals surface area contributed by atoms with Gasteiger partial charge in [-0.2, -0.15) is 0 Å². The molecule has 1 atom stereocenters. The van der Waals surface area contributed by atoms with Gasteiger partial charge in [-0.3, -0.25) is 4.90 Å². The van der Waals surface area contributed by atoms with Crippen molar-refractivity contribution in [1.82, 2.24) is 9.80 Å². The third-order valence-electron chi connectivity index (χ3n) is 3.09. The highest BCUT2D eigenvalue weighted by Crippen LogP contribution is 2.16. The SMILES string of the molecule is CCN(CC)C1CCN(C(=O)OC(C)C)C1. The van der Waals surface area contributed by atoms with Crippen LogP contribution in [-0.4, -0.2) is 54.2 Å². The van der Waals surface area contributed by atoms with Crippen molar-refractivity contribution in [2.75, 3.05) is 26.2 Å². The first kappa shape index (κ1) is 13.3. The molecule has 0 bridgehead atoms. The second-order valence-corrected chi connectivity index (χ2v) is 4.54. The summed E-state index contributed by atoms with van der Waals surface area (Å²) in [4.78, 5) is 15.9. The fourth-order valence-corrected chi connectivity index (χ4v) is 2.22. The van der Waals surface area contributed by atoms with E-state index in [4.69, 9.17) is 4.74 Å². The summed E-state index contributed by atoms with van der Waals surface area (Å²) in [5.41, 5.74) is 0. The van der Waals surface area contributed by atoms with Gasteiger partial charge in [-0.15, -0.1) is 0 Å². The molecule has 1 aliphatic rings. The Labute approximate surface area is 98.5 Å². The zero-order valence-electron chi connectivity index (χ0n) is 10.9. The maximum Gasteiger partial charge on any atom is 0.410 e. The van der Waals surface area contributed by atoms with Gasteiger partial charge in [0, 0.05) is 19.1 Å². The second-order valence-electron chi connectivity index (χ2n) is 4.54. The number of likely N-dealkylation sites (N-methyl/N-ethyl adjacent to an activating group) is 1. The maximum atomic E-state index is 11.7. The molecule has 94 valence electrons. The third kappa shape index (κ3) is 3.37. The van der Waals surface area contributed by atoms with Crippen molar-refractivity contribution < 1.29 is 9.53 Å². The normalized spacial score (nSPS) is 20.9. The maximum absolute atomic E-state index is 11.7. The van der Waals surface area contributed by atoms with E-state index in [9.17, 15) is 4.79 Å². The Balaban J connectivity index is 2.42. The number of hydrogen-bond donors (Lipinski definition) is 0. The minimum absolute atomic E-state index is 0.0278. The first-order valence-corrected chi connectivity index (χ1v) is 6.28. The van der Waals surface area contributed by atoms with Gasteiger partial charge in [0.2, 0.25) is 0 Å². The first-order chi connectivity index (χ1) is 7.58. The molecule has 0 saturated carbocycles. The number of carbonyl (C=O) groups excluding carboxylic acids is 1. The average molecular weight is 228 g/mol. The summed E-state index contributed by atoms with van der Waals surface area (Å²) >= 11 is 0. The van der Waals surface area contributed by atoms with E-state index in [2.05, 4.69) is 18.7 Å². The largest absolute Gasteiger partial charge is 0.447 e. The van der Waals surface area contributed by atoms with Crippen LogP contribution in [-0.2, 0) is 4.74 Å². The predicted molar refractivity (Wildman–Crippen MR) is 64.5 cm³/mol. The van der Waals surface area contributed by atoms with Crippen LogP contribution in [0.15, 0.2) is 0 Å². The monoisotopic (exact) mass is 228 g/mol. The molecular formula is C12H24N2O2. The Hall–Kier alpha value is -0.770. The van der Waals surface area contributed by atoms with E-state index in [1.807, 2.05) is 18.7 Å². The lowest BCUT2D eigenvalue weighted by Crippen LogP contribution is -2.39. The summed E-state index contributed by atoms with van der Waals surface area (Å²) < 4.78 is 5.20. The van der Waals surface area contributed by atoms with Crippen LogP contribution >= 0.6 is 0 Å². The molecule has 1 heterocycles. The van der Waals surface area contributed by atoms with Crippen molar-refractivity contribution in [3.63, 3.8) is 0 Å². The summed E-state index contributed by atoms with van der Waals surface area (Å²) in [6.07, 6.45) is 0.874. The lowest BCUT2D eigenvalue weighted by Gasteiger charge is -2.26. The van der Waals surface area contributed by atoms with E-state index in [1.165, 1.54) is 0 Å². The molecular weight excluding hydrogens is 204 g/mol. The topological polar surface area (TPSA) is 32.8 Å². The molecule has 1 saturated heterocycles. The van der Waals surface area contributed by atoms with Crippen molar-refractivity contribution in [3.05, 3.63) is 0 Å². The molecule has 0 aromatic heterocycles. The Morgan fingerprint density at radius 3 is 2.56 bits per heavy atom. The zero-order chi connectivity index (χ0) is 12.1. The van der Waals surface area contributed by atoms with Gasteiger partial charge in [-0.05, 0) is 33.4 Å². The predicted octanol–water partition coefficient (Wildman–Crippen LogP) is 1.95. The van der Waals surface area contributed by atoms with Crippen LogP contribution < -0.4 is 0 Å². The van der Waals surface area contributed by atoms with E-state index < -0.39 is 0 Å². The fourth-order valence-electron chi connectivity index (χ4n) is 2.22. The second kappa shape index (κ2) is 6.09. The van der Waals surface area contributed by atoms with Gasteiger partial charge < -0.3 is 9.64 Å². The molecule has 1 fully saturated rings. The van der Waals surface area contributed by atoms with Crippen LogP contribution in [0.5, 0.6) is 0 Å². The Kier molecular flexibility index (Phi) is 5.06. The minimum atomic E-state index is -0.162. The summed E-state index contributed by atoms with van der Waals surface area (Å²) in [5, 5.41) is 0. The Morgan fingerprint density at radius 1 is 1.44 bits per heavy atom. The Bertz CT molecular complexity index is 227. The summed E-state index contributed by atoms with van der Waals surface area (Å²) in [5.74, 6) is 0. The molecule has 1 unspecified atom stereocenters. The zero-order valence-corrected chi connectivity index (χ0v) is 10.9. The Morgan fingerprint density at radius 2 is 2.06 bits per heavy atom. The highest BCUT2D eigenvalue weighted by Gasteiger charge is 2.30. The van der Waals surface area contributed by atoms with Crippen LogP contribution in [0.1, 0.15) is 34.1 Å². The average Bonchev–Trinajstić information content (AvgIpc) is 2.68. The van der Waals surface area contributed by atoms with Crippen LogP contribution in [0.4, 0.5) is 4.79 Å². The molecule has 0 radical (unpaired) electrons. The van der Waals surface area contributed by atoms with Gasteiger partial charge in [-0.1, -0.05) is 13.8 Å². The number of hydrogen-bond acceptors (Lipinski definition) is 3. The van der Waals surface area contributed by atoms with Crippen LogP contribution in [0.2, 0.25) is 0 Å². The molecule has 0 aliphatic carbocycles. The van der Waals surface area contributed by atoms with E-state index in [0.29, 0.717) is 6.04 Å². The molecule has 0 aromatic rings. The summed E-state index contributed by atoms with van der Waals surface area (Å²) in [6.45, 7) is 11.8. The molecule has 4 heteroatoms. The molecule has 1 aliphatic heterocycles. The number of carbonyl (C=O) groups is 1. The summed E-state index contributed by atoms with van der Waals surface area (Å²) in [6, 6.07) is 0.509. The number of ether oxygens (including phenoxy) is 1. The van der Waals surface area contributed by atoms with Crippen molar-refractivity contribution in [2.24, 2.45) is 0 Å². The molecule has 1 rings (SSSR count). The smallest absolute Gasteiger partial charge is 0.410 e. The number of likely N-dealkylation sites (tertiary alicyclic amines) is 1. The molecule has 0 N–H and O–H groups in total. The summed E-state index contributed by atoms with van der Waals surface area (Å²) in [7, 11) is 0. The quantitative estimate of drug-likeness (QED) is 0.737. The highest BCUT2D eigenvalue weighted by molar-refractivity contribution is 5.68. The van der Waals surface area contributed by atoms with Gasteiger partial charge in [0.25, 0.3) is 0 Å². The molecule has 16 heavy (non-hydrogen) atoms. The lowest BCUT2D eigenvalue weighted by atomic mass is 10.2. The molecule has 0 aromatic carbocycles. The molecule has 4 nitrogen and oxygen atoms in total. The van der Waals surface area contributed by atoms with Crippen molar-refractivity contribution in [2.45, 2.75) is 46.3 Å².